The van der Waals surface area contributed by atoms with Gasteiger partial charge in [-0.3, -0.25) is 9.59 Å². The monoisotopic (exact) mass is 374 g/mol. The molecular formula is C21H34N4O2. The maximum Gasteiger partial charge on any atom is 0.228 e. The van der Waals surface area contributed by atoms with E-state index in [2.05, 4.69) is 40.3 Å². The van der Waals surface area contributed by atoms with Crippen molar-refractivity contribution in [2.24, 2.45) is 11.8 Å². The van der Waals surface area contributed by atoms with Crippen LogP contribution in [-0.2, 0) is 9.59 Å². The second kappa shape index (κ2) is 9.74. The molecule has 2 rings (SSSR count). The van der Waals surface area contributed by atoms with Gasteiger partial charge in [-0.25, -0.2) is 0 Å². The zero-order chi connectivity index (χ0) is 20.0. The Kier molecular flexibility index (Phi) is 7.66. The molecule has 2 unspecified atom stereocenters. The number of anilines is 2. The maximum absolute atomic E-state index is 12.5. The molecule has 0 spiro atoms. The molecule has 150 valence electrons. The molecule has 2 N–H and O–H groups in total. The number of hydrogen-bond acceptors (Lipinski definition) is 4. The van der Waals surface area contributed by atoms with Gasteiger partial charge in [-0.2, -0.15) is 0 Å². The van der Waals surface area contributed by atoms with Crippen LogP contribution in [0.5, 0.6) is 0 Å². The highest BCUT2D eigenvalue weighted by atomic mass is 16.2. The summed E-state index contributed by atoms with van der Waals surface area (Å²) in [5.41, 5.74) is 3.03. The lowest BCUT2D eigenvalue weighted by Gasteiger charge is -2.22. The molecule has 0 aliphatic heterocycles. The van der Waals surface area contributed by atoms with Crippen molar-refractivity contribution in [3.63, 3.8) is 0 Å². The number of carbonyl (C=O) groups is 2. The summed E-state index contributed by atoms with van der Waals surface area (Å²) < 4.78 is 0. The van der Waals surface area contributed by atoms with Gasteiger partial charge in [-0.1, -0.05) is 0 Å². The van der Waals surface area contributed by atoms with Crippen molar-refractivity contribution in [1.29, 1.82) is 0 Å². The third-order valence-electron chi connectivity index (χ3n) is 5.14. The number of nitrogens with one attached hydrogen (secondary N) is 2. The van der Waals surface area contributed by atoms with E-state index in [1.807, 2.05) is 33.2 Å². The van der Waals surface area contributed by atoms with Crippen LogP contribution >= 0.6 is 0 Å². The van der Waals surface area contributed by atoms with Crippen LogP contribution in [0.25, 0.3) is 0 Å². The largest absolute Gasteiger partial charge is 0.372 e. The highest BCUT2D eigenvalue weighted by molar-refractivity contribution is 6.00. The molecule has 6 nitrogen and oxygen atoms in total. The number of carbonyl (C=O) groups excluding carboxylic acids is 2. The van der Waals surface area contributed by atoms with Gasteiger partial charge in [-0.05, 0) is 78.0 Å². The summed E-state index contributed by atoms with van der Waals surface area (Å²) >= 11 is 0. The topological polar surface area (TPSA) is 64.7 Å². The van der Waals surface area contributed by atoms with Crippen LogP contribution < -0.4 is 15.5 Å². The Morgan fingerprint density at radius 2 is 1.78 bits per heavy atom. The highest BCUT2D eigenvalue weighted by Crippen LogP contribution is 2.39. The Hall–Kier alpha value is -2.08. The molecule has 1 aliphatic carbocycles. The fourth-order valence-corrected chi connectivity index (χ4v) is 3.31. The fourth-order valence-electron chi connectivity index (χ4n) is 3.31. The van der Waals surface area contributed by atoms with Crippen LogP contribution in [0.15, 0.2) is 18.2 Å². The Balaban J connectivity index is 1.83. The van der Waals surface area contributed by atoms with E-state index in [-0.39, 0.29) is 23.7 Å². The van der Waals surface area contributed by atoms with E-state index in [1.165, 1.54) is 0 Å². The minimum absolute atomic E-state index is 0.00232. The minimum Gasteiger partial charge on any atom is -0.372 e. The van der Waals surface area contributed by atoms with Gasteiger partial charge >= 0.3 is 0 Å². The molecule has 1 aromatic rings. The molecule has 1 aromatic carbocycles. The van der Waals surface area contributed by atoms with E-state index >= 15 is 0 Å². The van der Waals surface area contributed by atoms with Crippen LogP contribution in [0, 0.1) is 18.8 Å². The van der Waals surface area contributed by atoms with Crippen LogP contribution in [0.1, 0.15) is 32.3 Å². The lowest BCUT2D eigenvalue weighted by molar-refractivity contribution is -0.125. The van der Waals surface area contributed by atoms with Gasteiger partial charge in [0, 0.05) is 31.0 Å². The van der Waals surface area contributed by atoms with Crippen molar-refractivity contribution < 1.29 is 9.59 Å². The zero-order valence-corrected chi connectivity index (χ0v) is 17.3. The smallest absolute Gasteiger partial charge is 0.228 e. The molecule has 0 aromatic heterocycles. The normalized spacial score (nSPS) is 18.3. The number of amides is 2. The van der Waals surface area contributed by atoms with Crippen molar-refractivity contribution in [3.8, 4) is 0 Å². The second-order valence-electron chi connectivity index (χ2n) is 7.56. The first kappa shape index (κ1) is 21.2. The Labute approximate surface area is 163 Å². The number of aryl methyl sites for hydroxylation is 1. The summed E-state index contributed by atoms with van der Waals surface area (Å²) in [6, 6.07) is 6.10. The van der Waals surface area contributed by atoms with Crippen LogP contribution in [0.3, 0.4) is 0 Å². The maximum atomic E-state index is 12.5. The van der Waals surface area contributed by atoms with Crippen molar-refractivity contribution in [2.75, 3.05) is 50.5 Å². The predicted octanol–water partition coefficient (Wildman–Crippen LogP) is 2.48. The summed E-state index contributed by atoms with van der Waals surface area (Å²) in [4.78, 5) is 29.0. The summed E-state index contributed by atoms with van der Waals surface area (Å²) in [5, 5.41) is 5.94. The molecule has 0 radical (unpaired) electrons. The lowest BCUT2D eigenvalue weighted by Crippen LogP contribution is -2.30. The second-order valence-corrected chi connectivity index (χ2v) is 7.56. The summed E-state index contributed by atoms with van der Waals surface area (Å²) in [5.74, 6) is -0.440. The van der Waals surface area contributed by atoms with Crippen molar-refractivity contribution in [1.82, 2.24) is 10.2 Å². The molecule has 2 atom stereocenters. The molecule has 1 fully saturated rings. The van der Waals surface area contributed by atoms with Crippen molar-refractivity contribution in [3.05, 3.63) is 23.8 Å². The zero-order valence-electron chi connectivity index (χ0n) is 17.3. The molecule has 1 saturated carbocycles. The van der Waals surface area contributed by atoms with Crippen LogP contribution in [0.2, 0.25) is 0 Å². The number of benzene rings is 1. The van der Waals surface area contributed by atoms with Crippen molar-refractivity contribution >= 4 is 23.2 Å². The molecule has 2 amide bonds. The van der Waals surface area contributed by atoms with Gasteiger partial charge < -0.3 is 20.4 Å². The van der Waals surface area contributed by atoms with Crippen LogP contribution in [0.4, 0.5) is 11.4 Å². The number of hydrogen-bond donors (Lipinski definition) is 2. The van der Waals surface area contributed by atoms with E-state index in [1.54, 1.807) is 0 Å². The third-order valence-corrected chi connectivity index (χ3v) is 5.14. The summed E-state index contributed by atoms with van der Waals surface area (Å²) in [6.45, 7) is 9.78. The van der Waals surface area contributed by atoms with Crippen molar-refractivity contribution in [2.45, 2.75) is 33.6 Å². The molecule has 27 heavy (non-hydrogen) atoms. The van der Waals surface area contributed by atoms with Gasteiger partial charge in [0.15, 0.2) is 0 Å². The summed E-state index contributed by atoms with van der Waals surface area (Å²) in [6.07, 6.45) is 1.56. The van der Waals surface area contributed by atoms with E-state index in [9.17, 15) is 9.59 Å². The molecule has 1 aliphatic rings. The molecule has 0 bridgehead atoms. The van der Waals surface area contributed by atoms with E-state index in [0.29, 0.717) is 13.0 Å². The van der Waals surface area contributed by atoms with Gasteiger partial charge in [0.1, 0.15) is 0 Å². The van der Waals surface area contributed by atoms with Gasteiger partial charge in [0.25, 0.3) is 0 Å². The lowest BCUT2D eigenvalue weighted by atomic mass is 10.1. The quantitative estimate of drug-likeness (QED) is 0.618. The van der Waals surface area contributed by atoms with E-state index < -0.39 is 0 Å². The standard InChI is InChI=1S/C21H34N4O2/c1-6-25(7-2)16-9-10-19(15(3)13-16)23-21(27)18-14-17(18)20(26)22-11-8-12-24(4)5/h9-10,13,17-18H,6-8,11-12,14H2,1-5H3,(H,22,26)(H,23,27). The Morgan fingerprint density at radius 1 is 1.11 bits per heavy atom. The predicted molar refractivity (Wildman–Crippen MR) is 111 cm³/mol. The fraction of sp³-hybridized carbons (Fsp3) is 0.619. The SMILES string of the molecule is CCN(CC)c1ccc(NC(=O)C2CC2C(=O)NCCCN(C)C)c(C)c1. The molecule has 0 saturated heterocycles. The molecular weight excluding hydrogens is 340 g/mol. The Bertz CT molecular complexity index is 656. The van der Waals surface area contributed by atoms with E-state index in [4.69, 9.17) is 0 Å². The molecule has 6 heteroatoms. The van der Waals surface area contributed by atoms with Gasteiger partial charge in [-0.15, -0.1) is 0 Å². The third kappa shape index (κ3) is 5.96. The molecule has 0 heterocycles. The minimum atomic E-state index is -0.208. The average molecular weight is 375 g/mol. The first-order valence-corrected chi connectivity index (χ1v) is 9.96. The van der Waals surface area contributed by atoms with E-state index in [0.717, 1.165) is 43.0 Å². The van der Waals surface area contributed by atoms with Crippen LogP contribution in [-0.4, -0.2) is 57.0 Å². The van der Waals surface area contributed by atoms with Gasteiger partial charge in [0.2, 0.25) is 11.8 Å². The summed E-state index contributed by atoms with van der Waals surface area (Å²) in [7, 11) is 4.03. The van der Waals surface area contributed by atoms with Gasteiger partial charge in [0.05, 0.1) is 11.8 Å². The number of nitrogens with zero attached hydrogens (tertiary/aromatic N) is 2. The Morgan fingerprint density at radius 3 is 2.37 bits per heavy atom. The first-order valence-electron chi connectivity index (χ1n) is 9.96. The first-order chi connectivity index (χ1) is 12.9. The number of rotatable bonds is 10. The average Bonchev–Trinajstić information content (AvgIpc) is 3.42. The highest BCUT2D eigenvalue weighted by Gasteiger charge is 2.47.